The summed E-state index contributed by atoms with van der Waals surface area (Å²) in [7, 11) is 0. The van der Waals surface area contributed by atoms with Crippen LogP contribution < -0.4 is 11.1 Å². The van der Waals surface area contributed by atoms with Crippen molar-refractivity contribution in [1.29, 1.82) is 0 Å². The van der Waals surface area contributed by atoms with Gasteiger partial charge in [-0.2, -0.15) is 0 Å². The van der Waals surface area contributed by atoms with Gasteiger partial charge in [-0.25, -0.2) is 0 Å². The van der Waals surface area contributed by atoms with Crippen molar-refractivity contribution in [3.05, 3.63) is 12.7 Å². The van der Waals surface area contributed by atoms with Gasteiger partial charge in [0.05, 0.1) is 6.61 Å². The third-order valence-electron chi connectivity index (χ3n) is 3.35. The molecule has 1 fully saturated rings. The Kier molecular flexibility index (Phi) is 6.22. The molecule has 1 saturated carbocycles. The molecule has 98 valence electrons. The highest BCUT2D eigenvalue weighted by Gasteiger charge is 2.28. The second kappa shape index (κ2) is 7.45. The second-order valence-corrected chi connectivity index (χ2v) is 4.63. The topological polar surface area (TPSA) is 64.3 Å². The van der Waals surface area contributed by atoms with E-state index in [1.165, 1.54) is 0 Å². The highest BCUT2D eigenvalue weighted by Crippen LogP contribution is 2.24. The lowest BCUT2D eigenvalue weighted by Crippen LogP contribution is -2.44. The predicted molar refractivity (Wildman–Crippen MR) is 68.6 cm³/mol. The van der Waals surface area contributed by atoms with Crippen LogP contribution in [-0.4, -0.2) is 31.2 Å². The monoisotopic (exact) mass is 240 g/mol. The SMILES string of the molecule is C=CCCOC(C)C(=O)NC1CCCC1CN. The van der Waals surface area contributed by atoms with Gasteiger partial charge in [0.15, 0.2) is 0 Å². The van der Waals surface area contributed by atoms with Crippen molar-refractivity contribution in [2.75, 3.05) is 13.2 Å². The molecule has 0 spiro atoms. The number of hydrogen-bond acceptors (Lipinski definition) is 3. The van der Waals surface area contributed by atoms with Crippen molar-refractivity contribution in [3.8, 4) is 0 Å². The van der Waals surface area contributed by atoms with E-state index in [2.05, 4.69) is 11.9 Å². The van der Waals surface area contributed by atoms with Crippen molar-refractivity contribution >= 4 is 5.91 Å². The largest absolute Gasteiger partial charge is 0.368 e. The van der Waals surface area contributed by atoms with E-state index in [0.29, 0.717) is 19.1 Å². The van der Waals surface area contributed by atoms with Gasteiger partial charge in [-0.15, -0.1) is 6.58 Å². The maximum absolute atomic E-state index is 11.9. The van der Waals surface area contributed by atoms with Crippen LogP contribution in [0.4, 0.5) is 0 Å². The van der Waals surface area contributed by atoms with Crippen molar-refractivity contribution < 1.29 is 9.53 Å². The highest BCUT2D eigenvalue weighted by atomic mass is 16.5. The fourth-order valence-electron chi connectivity index (χ4n) is 2.21. The summed E-state index contributed by atoms with van der Waals surface area (Å²) in [4.78, 5) is 11.9. The molecule has 0 aromatic carbocycles. The zero-order chi connectivity index (χ0) is 12.7. The van der Waals surface area contributed by atoms with Gasteiger partial charge in [-0.3, -0.25) is 4.79 Å². The third kappa shape index (κ3) is 4.48. The van der Waals surface area contributed by atoms with E-state index in [0.717, 1.165) is 25.7 Å². The summed E-state index contributed by atoms with van der Waals surface area (Å²) >= 11 is 0. The molecule has 1 aliphatic rings. The normalized spacial score (nSPS) is 25.5. The van der Waals surface area contributed by atoms with Gasteiger partial charge in [0.2, 0.25) is 5.91 Å². The molecule has 3 N–H and O–H groups in total. The van der Waals surface area contributed by atoms with E-state index in [1.54, 1.807) is 13.0 Å². The van der Waals surface area contributed by atoms with Crippen LogP contribution in [0.25, 0.3) is 0 Å². The predicted octanol–water partition coefficient (Wildman–Crippen LogP) is 1.21. The standard InChI is InChI=1S/C13H24N2O2/c1-3-4-8-17-10(2)13(16)15-12-7-5-6-11(12)9-14/h3,10-12H,1,4-9,14H2,2H3,(H,15,16). The summed E-state index contributed by atoms with van der Waals surface area (Å²) in [5.41, 5.74) is 5.68. The molecular formula is C13H24N2O2. The van der Waals surface area contributed by atoms with Crippen LogP contribution in [0.15, 0.2) is 12.7 Å². The first kappa shape index (κ1) is 14.2. The zero-order valence-corrected chi connectivity index (χ0v) is 10.7. The van der Waals surface area contributed by atoms with Crippen molar-refractivity contribution in [2.24, 2.45) is 11.7 Å². The lowest BCUT2D eigenvalue weighted by atomic mass is 10.0. The van der Waals surface area contributed by atoms with Crippen LogP contribution >= 0.6 is 0 Å². The molecule has 0 heterocycles. The van der Waals surface area contributed by atoms with Gasteiger partial charge in [-0.05, 0) is 38.6 Å². The van der Waals surface area contributed by atoms with Gasteiger partial charge < -0.3 is 15.8 Å². The van der Waals surface area contributed by atoms with Gasteiger partial charge >= 0.3 is 0 Å². The second-order valence-electron chi connectivity index (χ2n) is 4.63. The zero-order valence-electron chi connectivity index (χ0n) is 10.7. The Bertz CT molecular complexity index is 256. The van der Waals surface area contributed by atoms with Crippen LogP contribution in [0.2, 0.25) is 0 Å². The average Bonchev–Trinajstić information content (AvgIpc) is 2.76. The summed E-state index contributed by atoms with van der Waals surface area (Å²) in [5, 5.41) is 3.04. The lowest BCUT2D eigenvalue weighted by molar-refractivity contribution is -0.132. The maximum atomic E-state index is 11.9. The Labute approximate surface area is 104 Å². The smallest absolute Gasteiger partial charge is 0.249 e. The number of amides is 1. The first-order valence-electron chi connectivity index (χ1n) is 6.42. The van der Waals surface area contributed by atoms with Crippen LogP contribution in [-0.2, 0) is 9.53 Å². The Morgan fingerprint density at radius 3 is 3.06 bits per heavy atom. The molecule has 17 heavy (non-hydrogen) atoms. The van der Waals surface area contributed by atoms with E-state index in [9.17, 15) is 4.79 Å². The highest BCUT2D eigenvalue weighted by molar-refractivity contribution is 5.80. The lowest BCUT2D eigenvalue weighted by Gasteiger charge is -2.21. The molecule has 4 heteroatoms. The van der Waals surface area contributed by atoms with Gasteiger partial charge in [0.25, 0.3) is 0 Å². The number of hydrogen-bond donors (Lipinski definition) is 2. The Balaban J connectivity index is 2.29. The minimum absolute atomic E-state index is 0.0283. The Morgan fingerprint density at radius 1 is 1.65 bits per heavy atom. The first-order chi connectivity index (χ1) is 8.19. The molecule has 0 saturated heterocycles. The van der Waals surface area contributed by atoms with Crippen molar-refractivity contribution in [1.82, 2.24) is 5.32 Å². The summed E-state index contributed by atoms with van der Waals surface area (Å²) < 4.78 is 5.41. The number of nitrogens with two attached hydrogens (primary N) is 1. The number of carbonyl (C=O) groups excluding carboxylic acids is 1. The van der Waals surface area contributed by atoms with Crippen LogP contribution in [0, 0.1) is 5.92 Å². The van der Waals surface area contributed by atoms with Gasteiger partial charge in [0.1, 0.15) is 6.10 Å². The molecule has 3 unspecified atom stereocenters. The molecule has 0 aliphatic heterocycles. The number of ether oxygens (including phenoxy) is 1. The van der Waals surface area contributed by atoms with Gasteiger partial charge in [-0.1, -0.05) is 12.5 Å². The Morgan fingerprint density at radius 2 is 2.41 bits per heavy atom. The molecule has 0 bridgehead atoms. The van der Waals surface area contributed by atoms with Gasteiger partial charge in [0, 0.05) is 6.04 Å². The summed E-state index contributed by atoms with van der Waals surface area (Å²) in [6.45, 7) is 6.59. The quantitative estimate of drug-likeness (QED) is 0.519. The van der Waals surface area contributed by atoms with Crippen molar-refractivity contribution in [3.63, 3.8) is 0 Å². The minimum atomic E-state index is -0.394. The van der Waals surface area contributed by atoms with Crippen LogP contribution in [0.1, 0.15) is 32.6 Å². The summed E-state index contributed by atoms with van der Waals surface area (Å²) in [5.74, 6) is 0.402. The van der Waals surface area contributed by atoms with E-state index < -0.39 is 6.10 Å². The molecule has 1 amide bonds. The van der Waals surface area contributed by atoms with E-state index >= 15 is 0 Å². The fourth-order valence-corrected chi connectivity index (χ4v) is 2.21. The molecule has 3 atom stereocenters. The summed E-state index contributed by atoms with van der Waals surface area (Å²) in [6, 6.07) is 0.234. The fraction of sp³-hybridized carbons (Fsp3) is 0.769. The van der Waals surface area contributed by atoms with Crippen LogP contribution in [0.5, 0.6) is 0 Å². The molecule has 1 rings (SSSR count). The average molecular weight is 240 g/mol. The molecule has 0 radical (unpaired) electrons. The molecule has 1 aliphatic carbocycles. The minimum Gasteiger partial charge on any atom is -0.368 e. The number of carbonyl (C=O) groups is 1. The van der Waals surface area contributed by atoms with E-state index in [1.807, 2.05) is 0 Å². The number of nitrogens with one attached hydrogen (secondary N) is 1. The van der Waals surface area contributed by atoms with E-state index in [-0.39, 0.29) is 11.9 Å². The first-order valence-corrected chi connectivity index (χ1v) is 6.42. The van der Waals surface area contributed by atoms with Crippen molar-refractivity contribution in [2.45, 2.75) is 44.8 Å². The molecular weight excluding hydrogens is 216 g/mol. The van der Waals surface area contributed by atoms with E-state index in [4.69, 9.17) is 10.5 Å². The molecule has 0 aromatic rings. The van der Waals surface area contributed by atoms with Crippen LogP contribution in [0.3, 0.4) is 0 Å². The Hall–Kier alpha value is -0.870. The number of rotatable bonds is 7. The maximum Gasteiger partial charge on any atom is 0.249 e. The summed E-state index contributed by atoms with van der Waals surface area (Å²) in [6.07, 6.45) is 5.46. The molecule has 4 nitrogen and oxygen atoms in total. The third-order valence-corrected chi connectivity index (χ3v) is 3.35. The molecule has 0 aromatic heterocycles.